The van der Waals surface area contributed by atoms with Gasteiger partial charge in [-0.2, -0.15) is 0 Å². The summed E-state index contributed by atoms with van der Waals surface area (Å²) in [5.41, 5.74) is 1.36. The number of benzene rings is 2. The Balaban J connectivity index is 2.12. The lowest BCUT2D eigenvalue weighted by atomic mass is 10.2. The highest BCUT2D eigenvalue weighted by Crippen LogP contribution is 2.43. The van der Waals surface area contributed by atoms with Crippen molar-refractivity contribution >= 4 is 80.9 Å². The molecule has 0 bridgehead atoms. The van der Waals surface area contributed by atoms with E-state index in [1.807, 2.05) is 0 Å². The lowest BCUT2D eigenvalue weighted by Crippen LogP contribution is -1.79. The summed E-state index contributed by atoms with van der Waals surface area (Å²) in [6.07, 6.45) is 1.68. The highest BCUT2D eigenvalue weighted by molar-refractivity contribution is 7.18. The molecule has 0 spiro atoms. The summed E-state index contributed by atoms with van der Waals surface area (Å²) in [7, 11) is 0. The van der Waals surface area contributed by atoms with Gasteiger partial charge in [-0.15, -0.1) is 11.3 Å². The molecular formula is C15H5Cl6NS. The topological polar surface area (TPSA) is 12.9 Å². The molecule has 8 heteroatoms. The van der Waals surface area contributed by atoms with Crippen LogP contribution >= 0.6 is 80.9 Å². The van der Waals surface area contributed by atoms with Crippen LogP contribution in [0.5, 0.6) is 0 Å². The summed E-state index contributed by atoms with van der Waals surface area (Å²) in [6.45, 7) is 0. The number of nitrogens with zero attached hydrogens (tertiary/aromatic N) is 1. The van der Waals surface area contributed by atoms with Crippen molar-refractivity contribution in [3.63, 3.8) is 0 Å². The van der Waals surface area contributed by atoms with Gasteiger partial charge >= 0.3 is 0 Å². The molecule has 0 radical (unpaired) electrons. The van der Waals surface area contributed by atoms with Crippen molar-refractivity contribution in [1.82, 2.24) is 4.98 Å². The Morgan fingerprint density at radius 1 is 0.696 bits per heavy atom. The van der Waals surface area contributed by atoms with Gasteiger partial charge in [-0.1, -0.05) is 69.6 Å². The summed E-state index contributed by atoms with van der Waals surface area (Å²) in [4.78, 5) is 5.19. The van der Waals surface area contributed by atoms with E-state index in [-0.39, 0.29) is 0 Å². The molecule has 1 heterocycles. The Morgan fingerprint density at radius 2 is 1.22 bits per heavy atom. The smallest absolute Gasteiger partial charge is 0.125 e. The zero-order valence-electron chi connectivity index (χ0n) is 11.0. The third-order valence-electron chi connectivity index (χ3n) is 2.99. The Hall–Kier alpha value is -0.190. The van der Waals surface area contributed by atoms with Crippen LogP contribution in [0.4, 0.5) is 0 Å². The fourth-order valence-corrected chi connectivity index (χ4v) is 4.44. The summed E-state index contributed by atoms with van der Waals surface area (Å²) in [5, 5.41) is 3.21. The van der Waals surface area contributed by atoms with Crippen molar-refractivity contribution in [2.24, 2.45) is 0 Å². The Kier molecular flexibility index (Phi) is 5.34. The molecule has 1 aromatic heterocycles. The van der Waals surface area contributed by atoms with Crippen LogP contribution < -0.4 is 0 Å². The molecule has 2 aromatic carbocycles. The number of rotatable bonds is 2. The summed E-state index contributed by atoms with van der Waals surface area (Å²) in [6, 6.07) is 6.62. The van der Waals surface area contributed by atoms with E-state index < -0.39 is 0 Å². The molecule has 0 aliphatic heterocycles. The van der Waals surface area contributed by atoms with Gasteiger partial charge in [0.25, 0.3) is 0 Å². The fourth-order valence-electron chi connectivity index (χ4n) is 1.97. The normalized spacial score (nSPS) is 11.0. The van der Waals surface area contributed by atoms with Gasteiger partial charge in [-0.25, -0.2) is 4.98 Å². The molecule has 0 N–H and O–H groups in total. The molecule has 0 aliphatic carbocycles. The Bertz CT molecular complexity index is 833. The molecule has 118 valence electrons. The van der Waals surface area contributed by atoms with Crippen LogP contribution in [-0.2, 0) is 0 Å². The molecule has 0 saturated carbocycles. The van der Waals surface area contributed by atoms with E-state index in [1.54, 1.807) is 30.5 Å². The maximum absolute atomic E-state index is 6.26. The number of thiazole rings is 1. The Morgan fingerprint density at radius 3 is 1.83 bits per heavy atom. The van der Waals surface area contributed by atoms with E-state index in [0.29, 0.717) is 46.3 Å². The number of aromatic nitrogens is 1. The molecule has 1 nitrogen and oxygen atoms in total. The molecule has 23 heavy (non-hydrogen) atoms. The van der Waals surface area contributed by atoms with Crippen LogP contribution in [0.15, 0.2) is 30.5 Å². The molecule has 0 unspecified atom stereocenters. The monoisotopic (exact) mass is 441 g/mol. The van der Waals surface area contributed by atoms with E-state index in [1.165, 1.54) is 11.3 Å². The van der Waals surface area contributed by atoms with Crippen molar-refractivity contribution in [2.45, 2.75) is 0 Å². The van der Waals surface area contributed by atoms with Crippen LogP contribution in [0, 0.1) is 0 Å². The van der Waals surface area contributed by atoms with E-state index in [9.17, 15) is 0 Å². The standard InChI is InChI=1S/C15H5Cl6NS/c16-6-1-8(13(20)10(18)3-6)12-5-22-15(23-12)9-2-7(17)4-11(19)14(9)21/h1-5H. The minimum Gasteiger partial charge on any atom is -0.244 e. The van der Waals surface area contributed by atoms with Crippen LogP contribution in [0.1, 0.15) is 0 Å². The average molecular weight is 444 g/mol. The van der Waals surface area contributed by atoms with Gasteiger partial charge in [0, 0.05) is 27.4 Å². The maximum atomic E-state index is 6.26. The SMILES string of the molecule is Clc1cc(Cl)c(Cl)c(-c2cnc(-c3cc(Cl)cc(Cl)c3Cl)s2)c1. The van der Waals surface area contributed by atoms with E-state index in [4.69, 9.17) is 69.6 Å². The molecule has 0 fully saturated rings. The van der Waals surface area contributed by atoms with Crippen LogP contribution in [-0.4, -0.2) is 4.98 Å². The second-order valence-electron chi connectivity index (χ2n) is 4.53. The third kappa shape index (κ3) is 3.59. The first-order valence-corrected chi connectivity index (χ1v) is 9.21. The predicted octanol–water partition coefficient (Wildman–Crippen LogP) is 8.40. The van der Waals surface area contributed by atoms with Crippen molar-refractivity contribution in [2.75, 3.05) is 0 Å². The number of halogens is 6. The molecule has 3 aromatic rings. The first kappa shape index (κ1) is 17.6. The number of hydrogen-bond donors (Lipinski definition) is 0. The van der Waals surface area contributed by atoms with Gasteiger partial charge in [0.1, 0.15) is 5.01 Å². The summed E-state index contributed by atoms with van der Waals surface area (Å²) >= 11 is 38.1. The third-order valence-corrected chi connectivity index (χ3v) is 6.09. The first-order chi connectivity index (χ1) is 10.9. The molecule has 3 rings (SSSR count). The van der Waals surface area contributed by atoms with E-state index in [0.717, 1.165) is 4.88 Å². The lowest BCUT2D eigenvalue weighted by Gasteiger charge is -2.05. The van der Waals surface area contributed by atoms with Crippen molar-refractivity contribution in [3.05, 3.63) is 60.6 Å². The van der Waals surface area contributed by atoms with Gasteiger partial charge in [-0.05, 0) is 24.3 Å². The zero-order valence-corrected chi connectivity index (χ0v) is 16.4. The zero-order chi connectivity index (χ0) is 16.7. The van der Waals surface area contributed by atoms with Crippen LogP contribution in [0.25, 0.3) is 21.0 Å². The van der Waals surface area contributed by atoms with Crippen LogP contribution in [0.3, 0.4) is 0 Å². The fraction of sp³-hybridized carbons (Fsp3) is 0. The largest absolute Gasteiger partial charge is 0.244 e. The molecular weight excluding hydrogens is 439 g/mol. The molecule has 0 saturated heterocycles. The second kappa shape index (κ2) is 6.97. The first-order valence-electron chi connectivity index (χ1n) is 6.12. The number of hydrogen-bond acceptors (Lipinski definition) is 2. The van der Waals surface area contributed by atoms with E-state index >= 15 is 0 Å². The van der Waals surface area contributed by atoms with E-state index in [2.05, 4.69) is 4.98 Å². The van der Waals surface area contributed by atoms with Crippen molar-refractivity contribution in [3.8, 4) is 21.0 Å². The quantitative estimate of drug-likeness (QED) is 0.362. The van der Waals surface area contributed by atoms with Gasteiger partial charge in [-0.3, -0.25) is 0 Å². The van der Waals surface area contributed by atoms with Gasteiger partial charge in [0.15, 0.2) is 0 Å². The van der Waals surface area contributed by atoms with Crippen LogP contribution in [0.2, 0.25) is 30.1 Å². The highest BCUT2D eigenvalue weighted by atomic mass is 35.5. The lowest BCUT2D eigenvalue weighted by molar-refractivity contribution is 1.41. The molecule has 0 aliphatic rings. The molecule has 0 atom stereocenters. The van der Waals surface area contributed by atoms with Crippen molar-refractivity contribution < 1.29 is 0 Å². The highest BCUT2D eigenvalue weighted by Gasteiger charge is 2.16. The van der Waals surface area contributed by atoms with Gasteiger partial charge in [0.2, 0.25) is 0 Å². The minimum absolute atomic E-state index is 0.370. The van der Waals surface area contributed by atoms with Gasteiger partial charge < -0.3 is 0 Å². The molecule has 0 amide bonds. The Labute approximate surface area is 166 Å². The van der Waals surface area contributed by atoms with Crippen molar-refractivity contribution in [1.29, 1.82) is 0 Å². The predicted molar refractivity (Wildman–Crippen MR) is 103 cm³/mol. The average Bonchev–Trinajstić information content (AvgIpc) is 2.96. The van der Waals surface area contributed by atoms with Gasteiger partial charge in [0.05, 0.1) is 25.0 Å². The second-order valence-corrected chi connectivity index (χ2v) is 8.00. The minimum atomic E-state index is 0.370. The summed E-state index contributed by atoms with van der Waals surface area (Å²) < 4.78 is 0. The maximum Gasteiger partial charge on any atom is 0.125 e. The summed E-state index contributed by atoms with van der Waals surface area (Å²) in [5.74, 6) is 0.